The average molecular weight is 401 g/mol. The molecule has 3 rings (SSSR count). The Labute approximate surface area is 174 Å². The number of hydrogen-bond acceptors (Lipinski definition) is 2. The van der Waals surface area contributed by atoms with Crippen LogP contribution in [0.1, 0.15) is 82.9 Å². The monoisotopic (exact) mass is 400 g/mol. The fraction of sp³-hybridized carbons (Fsp3) is 0.600. The molecule has 0 bridgehead atoms. The second kappa shape index (κ2) is 10.8. The highest BCUT2D eigenvalue weighted by molar-refractivity contribution is 5.60. The van der Waals surface area contributed by atoms with Gasteiger partial charge in [0.2, 0.25) is 0 Å². The lowest BCUT2D eigenvalue weighted by Crippen LogP contribution is -2.14. The second-order valence-corrected chi connectivity index (χ2v) is 8.60. The van der Waals surface area contributed by atoms with Gasteiger partial charge in [-0.15, -0.1) is 0 Å². The molecule has 2 nitrogen and oxygen atoms in total. The van der Waals surface area contributed by atoms with E-state index >= 15 is 0 Å². The normalized spacial score (nSPS) is 19.4. The highest BCUT2D eigenvalue weighted by Gasteiger charge is 2.21. The van der Waals surface area contributed by atoms with Crippen LogP contribution in [0, 0.1) is 23.5 Å². The Kier molecular flexibility index (Phi) is 8.14. The minimum absolute atomic E-state index is 0.197. The van der Waals surface area contributed by atoms with Crippen molar-refractivity contribution in [2.75, 3.05) is 0 Å². The van der Waals surface area contributed by atoms with E-state index < -0.39 is 11.6 Å². The lowest BCUT2D eigenvalue weighted by atomic mass is 9.78. The van der Waals surface area contributed by atoms with E-state index in [1.54, 1.807) is 18.2 Å². The summed E-state index contributed by atoms with van der Waals surface area (Å²) >= 11 is 0. The Hall–Kier alpha value is -1.84. The Bertz CT molecular complexity index is 765. The van der Waals surface area contributed by atoms with Crippen molar-refractivity contribution >= 4 is 0 Å². The van der Waals surface area contributed by atoms with Gasteiger partial charge in [-0.2, -0.15) is 10.2 Å². The largest absolute Gasteiger partial charge is 0.203 e. The van der Waals surface area contributed by atoms with Gasteiger partial charge in [-0.25, -0.2) is 8.78 Å². The molecule has 0 unspecified atom stereocenters. The van der Waals surface area contributed by atoms with Gasteiger partial charge < -0.3 is 0 Å². The van der Waals surface area contributed by atoms with Crippen molar-refractivity contribution in [2.24, 2.45) is 11.8 Å². The van der Waals surface area contributed by atoms with Crippen molar-refractivity contribution in [3.8, 4) is 11.3 Å². The number of hydrogen-bond donors (Lipinski definition) is 0. The van der Waals surface area contributed by atoms with Crippen LogP contribution in [0.2, 0.25) is 0 Å². The van der Waals surface area contributed by atoms with Crippen molar-refractivity contribution in [3.63, 3.8) is 0 Å². The summed E-state index contributed by atoms with van der Waals surface area (Å²) in [5.41, 5.74) is 1.97. The van der Waals surface area contributed by atoms with Crippen LogP contribution >= 0.6 is 0 Å². The summed E-state index contributed by atoms with van der Waals surface area (Å²) in [7, 11) is 0. The maximum Gasteiger partial charge on any atom is 0.168 e. The SMILES string of the molecule is CCCCCc1ccc(-c2ccc(CCC3CCC(CC)CC3)c(F)c2F)nn1. The van der Waals surface area contributed by atoms with Crippen LogP contribution in [0.3, 0.4) is 0 Å². The van der Waals surface area contributed by atoms with Gasteiger partial charge in [0.15, 0.2) is 11.6 Å². The van der Waals surface area contributed by atoms with Crippen molar-refractivity contribution in [1.82, 2.24) is 10.2 Å². The molecule has 0 aliphatic heterocycles. The molecule has 2 aromatic rings. The predicted octanol–water partition coefficient (Wildman–Crippen LogP) is 7.30. The van der Waals surface area contributed by atoms with E-state index in [1.165, 1.54) is 32.1 Å². The van der Waals surface area contributed by atoms with Crippen LogP contribution in [-0.4, -0.2) is 10.2 Å². The summed E-state index contributed by atoms with van der Waals surface area (Å²) in [5.74, 6) is -0.0197. The first-order valence-corrected chi connectivity index (χ1v) is 11.4. The van der Waals surface area contributed by atoms with Crippen molar-refractivity contribution in [1.29, 1.82) is 0 Å². The molecule has 29 heavy (non-hydrogen) atoms. The predicted molar refractivity (Wildman–Crippen MR) is 115 cm³/mol. The van der Waals surface area contributed by atoms with Crippen LogP contribution in [0.5, 0.6) is 0 Å². The fourth-order valence-corrected chi connectivity index (χ4v) is 4.46. The maximum atomic E-state index is 14.7. The molecule has 1 saturated carbocycles. The summed E-state index contributed by atoms with van der Waals surface area (Å²) in [6.07, 6.45) is 12.1. The molecule has 0 atom stereocenters. The molecular formula is C25H34F2N2. The number of nitrogens with zero attached hydrogens (tertiary/aromatic N) is 2. The van der Waals surface area contributed by atoms with E-state index in [-0.39, 0.29) is 5.56 Å². The van der Waals surface area contributed by atoms with Crippen molar-refractivity contribution < 1.29 is 8.78 Å². The molecular weight excluding hydrogens is 366 g/mol. The highest BCUT2D eigenvalue weighted by atomic mass is 19.2. The first-order valence-electron chi connectivity index (χ1n) is 11.4. The Morgan fingerprint density at radius 3 is 2.24 bits per heavy atom. The van der Waals surface area contributed by atoms with E-state index in [1.807, 2.05) is 6.07 Å². The summed E-state index contributed by atoms with van der Waals surface area (Å²) < 4.78 is 29.4. The number of rotatable bonds is 9. The molecule has 1 aromatic heterocycles. The third-order valence-corrected chi connectivity index (χ3v) is 6.56. The van der Waals surface area contributed by atoms with Crippen molar-refractivity contribution in [3.05, 3.63) is 47.2 Å². The third kappa shape index (κ3) is 5.83. The first-order chi connectivity index (χ1) is 14.1. The Morgan fingerprint density at radius 2 is 1.59 bits per heavy atom. The number of benzene rings is 1. The molecule has 1 aliphatic rings. The summed E-state index contributed by atoms with van der Waals surface area (Å²) in [5, 5.41) is 8.33. The van der Waals surface area contributed by atoms with E-state index in [2.05, 4.69) is 24.0 Å². The number of aryl methyl sites for hydroxylation is 2. The van der Waals surface area contributed by atoms with Gasteiger partial charge in [0.05, 0.1) is 11.4 Å². The van der Waals surface area contributed by atoms with Gasteiger partial charge in [-0.1, -0.05) is 64.9 Å². The smallest absolute Gasteiger partial charge is 0.168 e. The number of aromatic nitrogens is 2. The lowest BCUT2D eigenvalue weighted by molar-refractivity contribution is 0.258. The summed E-state index contributed by atoms with van der Waals surface area (Å²) in [6.45, 7) is 4.42. The van der Waals surface area contributed by atoms with Crippen LogP contribution in [0.15, 0.2) is 24.3 Å². The molecule has 0 N–H and O–H groups in total. The van der Waals surface area contributed by atoms with E-state index in [0.717, 1.165) is 43.7 Å². The van der Waals surface area contributed by atoms with E-state index in [9.17, 15) is 8.78 Å². The molecule has 1 aromatic carbocycles. The van der Waals surface area contributed by atoms with Gasteiger partial charge in [-0.05, 0) is 61.3 Å². The van der Waals surface area contributed by atoms with Gasteiger partial charge in [0, 0.05) is 5.56 Å². The average Bonchev–Trinajstić information content (AvgIpc) is 2.76. The summed E-state index contributed by atoms with van der Waals surface area (Å²) in [4.78, 5) is 0. The quantitative estimate of drug-likeness (QED) is 0.413. The minimum atomic E-state index is -0.801. The zero-order valence-electron chi connectivity index (χ0n) is 17.9. The molecule has 0 spiro atoms. The lowest BCUT2D eigenvalue weighted by Gasteiger charge is -2.27. The van der Waals surface area contributed by atoms with Crippen LogP contribution in [0.4, 0.5) is 8.78 Å². The molecule has 1 fully saturated rings. The highest BCUT2D eigenvalue weighted by Crippen LogP contribution is 2.34. The van der Waals surface area contributed by atoms with Crippen LogP contribution < -0.4 is 0 Å². The van der Waals surface area contributed by atoms with Gasteiger partial charge >= 0.3 is 0 Å². The summed E-state index contributed by atoms with van der Waals surface area (Å²) in [6, 6.07) is 7.00. The second-order valence-electron chi connectivity index (χ2n) is 8.60. The Morgan fingerprint density at radius 1 is 0.828 bits per heavy atom. The number of unbranched alkanes of at least 4 members (excludes halogenated alkanes) is 2. The van der Waals surface area contributed by atoms with E-state index in [0.29, 0.717) is 23.6 Å². The minimum Gasteiger partial charge on any atom is -0.203 e. The molecule has 158 valence electrons. The standard InChI is InChI=1S/C25H34F2N2/c1-3-5-6-7-21-15-17-23(29-28-21)22-16-14-20(24(26)25(22)27)13-12-19-10-8-18(4-2)9-11-19/h14-19H,3-13H2,1-2H3. The molecule has 4 heteroatoms. The molecule has 0 saturated heterocycles. The van der Waals surface area contributed by atoms with Crippen LogP contribution in [-0.2, 0) is 12.8 Å². The Balaban J connectivity index is 1.61. The van der Waals surface area contributed by atoms with E-state index in [4.69, 9.17) is 0 Å². The van der Waals surface area contributed by atoms with Gasteiger partial charge in [0.25, 0.3) is 0 Å². The molecule has 0 amide bonds. The molecule has 0 radical (unpaired) electrons. The van der Waals surface area contributed by atoms with Crippen LogP contribution in [0.25, 0.3) is 11.3 Å². The zero-order valence-corrected chi connectivity index (χ0v) is 17.9. The number of halogens is 2. The van der Waals surface area contributed by atoms with Gasteiger partial charge in [-0.3, -0.25) is 0 Å². The third-order valence-electron chi connectivity index (χ3n) is 6.56. The van der Waals surface area contributed by atoms with Gasteiger partial charge in [0.1, 0.15) is 0 Å². The first kappa shape index (κ1) is 21.9. The van der Waals surface area contributed by atoms with Crippen molar-refractivity contribution in [2.45, 2.75) is 84.5 Å². The molecule has 1 heterocycles. The molecule has 1 aliphatic carbocycles. The topological polar surface area (TPSA) is 25.8 Å². The fourth-order valence-electron chi connectivity index (χ4n) is 4.46. The maximum absolute atomic E-state index is 14.7. The zero-order chi connectivity index (χ0) is 20.6.